The Bertz CT molecular complexity index is 516. The van der Waals surface area contributed by atoms with E-state index in [1.54, 1.807) is 0 Å². The Morgan fingerprint density at radius 3 is 2.57 bits per heavy atom. The number of anilines is 2. The molecule has 1 saturated heterocycles. The minimum absolute atomic E-state index is 0.346. The third-order valence-corrected chi connectivity index (χ3v) is 5.02. The van der Waals surface area contributed by atoms with Crippen LogP contribution in [0.25, 0.3) is 0 Å². The molecule has 1 aromatic heterocycles. The summed E-state index contributed by atoms with van der Waals surface area (Å²) >= 11 is 0. The molecule has 1 aliphatic carbocycles. The van der Waals surface area contributed by atoms with Crippen LogP contribution in [0.4, 0.5) is 11.6 Å². The molecule has 5 nitrogen and oxygen atoms in total. The minimum Gasteiger partial charge on any atom is -0.383 e. The summed E-state index contributed by atoms with van der Waals surface area (Å²) in [6, 6.07) is 0. The van der Waals surface area contributed by atoms with Crippen LogP contribution in [0.5, 0.6) is 0 Å². The zero-order valence-corrected chi connectivity index (χ0v) is 13.4. The summed E-state index contributed by atoms with van der Waals surface area (Å²) in [5.74, 6) is 3.02. The van der Waals surface area contributed by atoms with Crippen molar-refractivity contribution < 1.29 is 0 Å². The molecule has 21 heavy (non-hydrogen) atoms. The monoisotopic (exact) mass is 289 g/mol. The molecular weight excluding hydrogens is 262 g/mol. The van der Waals surface area contributed by atoms with Gasteiger partial charge in [-0.2, -0.15) is 0 Å². The van der Waals surface area contributed by atoms with Crippen LogP contribution in [-0.2, 0) is 0 Å². The first-order valence-corrected chi connectivity index (χ1v) is 8.03. The topological polar surface area (TPSA) is 67.1 Å². The second-order valence-corrected chi connectivity index (χ2v) is 7.18. The Kier molecular flexibility index (Phi) is 3.78. The van der Waals surface area contributed by atoms with Crippen molar-refractivity contribution in [1.29, 1.82) is 0 Å². The molecule has 0 unspecified atom stereocenters. The fourth-order valence-corrected chi connectivity index (χ4v) is 2.88. The van der Waals surface area contributed by atoms with Crippen LogP contribution in [0, 0.1) is 12.3 Å². The summed E-state index contributed by atoms with van der Waals surface area (Å²) in [5.41, 5.74) is 7.38. The SMILES string of the molecule is Cc1c(N)nc(C2CC2)nc1NCC1(C)CCN(C)CC1. The van der Waals surface area contributed by atoms with E-state index in [1.165, 1.54) is 38.8 Å². The van der Waals surface area contributed by atoms with Crippen LogP contribution in [-0.4, -0.2) is 41.5 Å². The minimum atomic E-state index is 0.346. The van der Waals surface area contributed by atoms with E-state index in [9.17, 15) is 0 Å². The van der Waals surface area contributed by atoms with Crippen LogP contribution in [0.15, 0.2) is 0 Å². The van der Waals surface area contributed by atoms with Gasteiger partial charge in [-0.15, -0.1) is 0 Å². The van der Waals surface area contributed by atoms with Crippen LogP contribution in [0.3, 0.4) is 0 Å². The molecule has 5 heteroatoms. The van der Waals surface area contributed by atoms with Crippen LogP contribution in [0.1, 0.15) is 49.9 Å². The molecule has 2 fully saturated rings. The van der Waals surface area contributed by atoms with Crippen LogP contribution < -0.4 is 11.1 Å². The third kappa shape index (κ3) is 3.28. The maximum atomic E-state index is 6.05. The predicted octanol–water partition coefficient (Wildman–Crippen LogP) is 2.39. The smallest absolute Gasteiger partial charge is 0.136 e. The molecular formula is C16H27N5. The fraction of sp³-hybridized carbons (Fsp3) is 0.750. The summed E-state index contributed by atoms with van der Waals surface area (Å²) < 4.78 is 0. The van der Waals surface area contributed by atoms with Gasteiger partial charge < -0.3 is 16.0 Å². The lowest BCUT2D eigenvalue weighted by Crippen LogP contribution is -2.40. The van der Waals surface area contributed by atoms with E-state index < -0.39 is 0 Å². The van der Waals surface area contributed by atoms with E-state index in [0.29, 0.717) is 17.2 Å². The molecule has 0 bridgehead atoms. The molecule has 1 aromatic rings. The highest BCUT2D eigenvalue weighted by Crippen LogP contribution is 2.39. The average molecular weight is 289 g/mol. The molecule has 0 radical (unpaired) electrons. The van der Waals surface area contributed by atoms with Crippen molar-refractivity contribution in [1.82, 2.24) is 14.9 Å². The first kappa shape index (κ1) is 14.6. The number of hydrogen-bond acceptors (Lipinski definition) is 5. The lowest BCUT2D eigenvalue weighted by molar-refractivity contribution is 0.150. The van der Waals surface area contributed by atoms with Crippen LogP contribution in [0.2, 0.25) is 0 Å². The largest absolute Gasteiger partial charge is 0.383 e. The number of nitrogens with zero attached hydrogens (tertiary/aromatic N) is 3. The highest BCUT2D eigenvalue weighted by Gasteiger charge is 2.30. The van der Waals surface area contributed by atoms with Crippen molar-refractivity contribution in [3.8, 4) is 0 Å². The molecule has 1 aliphatic heterocycles. The van der Waals surface area contributed by atoms with E-state index in [4.69, 9.17) is 10.7 Å². The molecule has 1 saturated carbocycles. The van der Waals surface area contributed by atoms with Gasteiger partial charge in [0.05, 0.1) is 0 Å². The van der Waals surface area contributed by atoms with E-state index >= 15 is 0 Å². The molecule has 2 heterocycles. The van der Waals surface area contributed by atoms with Crippen molar-refractivity contribution in [2.45, 2.75) is 45.4 Å². The standard InChI is InChI=1S/C16H27N5/c1-11-13(17)19-15(12-4-5-12)20-14(11)18-10-16(2)6-8-21(3)9-7-16/h12H,4-10H2,1-3H3,(H3,17,18,19,20). The van der Waals surface area contributed by atoms with E-state index in [0.717, 1.165) is 23.8 Å². The number of piperidine rings is 1. The van der Waals surface area contributed by atoms with Gasteiger partial charge in [-0.05, 0) is 58.2 Å². The van der Waals surface area contributed by atoms with E-state index in [1.807, 2.05) is 6.92 Å². The average Bonchev–Trinajstić information content (AvgIpc) is 3.29. The van der Waals surface area contributed by atoms with Gasteiger partial charge in [0.15, 0.2) is 0 Å². The number of nitrogen functional groups attached to an aromatic ring is 1. The van der Waals surface area contributed by atoms with Crippen LogP contribution >= 0.6 is 0 Å². The Hall–Kier alpha value is -1.36. The normalized spacial score (nSPS) is 22.2. The molecule has 2 aliphatic rings. The number of likely N-dealkylation sites (tertiary alicyclic amines) is 1. The van der Waals surface area contributed by atoms with Gasteiger partial charge in [0.25, 0.3) is 0 Å². The van der Waals surface area contributed by atoms with Crippen molar-refractivity contribution in [3.05, 3.63) is 11.4 Å². The number of hydrogen-bond donors (Lipinski definition) is 2. The predicted molar refractivity (Wildman–Crippen MR) is 86.5 cm³/mol. The molecule has 0 spiro atoms. The molecule has 3 rings (SSSR count). The number of nitrogens with one attached hydrogen (secondary N) is 1. The second kappa shape index (κ2) is 5.44. The summed E-state index contributed by atoms with van der Waals surface area (Å²) in [7, 11) is 2.20. The highest BCUT2D eigenvalue weighted by atomic mass is 15.1. The Morgan fingerprint density at radius 1 is 1.29 bits per heavy atom. The van der Waals surface area contributed by atoms with Gasteiger partial charge in [-0.1, -0.05) is 6.92 Å². The molecule has 116 valence electrons. The first-order chi connectivity index (χ1) is 9.97. The summed E-state index contributed by atoms with van der Waals surface area (Å²) in [4.78, 5) is 11.6. The van der Waals surface area contributed by atoms with Gasteiger partial charge in [0, 0.05) is 18.0 Å². The Balaban J connectivity index is 1.69. The maximum absolute atomic E-state index is 6.05. The zero-order chi connectivity index (χ0) is 15.0. The summed E-state index contributed by atoms with van der Waals surface area (Å²) in [6.07, 6.45) is 4.86. The summed E-state index contributed by atoms with van der Waals surface area (Å²) in [5, 5.41) is 3.55. The molecule has 0 amide bonds. The maximum Gasteiger partial charge on any atom is 0.136 e. The molecule has 0 atom stereocenters. The number of nitrogens with two attached hydrogens (primary N) is 1. The van der Waals surface area contributed by atoms with Gasteiger partial charge in [0.2, 0.25) is 0 Å². The Morgan fingerprint density at radius 2 is 1.95 bits per heavy atom. The highest BCUT2D eigenvalue weighted by molar-refractivity contribution is 5.55. The number of rotatable bonds is 4. The van der Waals surface area contributed by atoms with Crippen molar-refractivity contribution in [2.75, 3.05) is 37.7 Å². The molecule has 3 N–H and O–H groups in total. The second-order valence-electron chi connectivity index (χ2n) is 7.18. The lowest BCUT2D eigenvalue weighted by Gasteiger charge is -2.38. The van der Waals surface area contributed by atoms with Gasteiger partial charge in [0.1, 0.15) is 17.5 Å². The van der Waals surface area contributed by atoms with E-state index in [2.05, 4.69) is 29.2 Å². The number of aromatic nitrogens is 2. The molecule has 0 aromatic carbocycles. The van der Waals surface area contributed by atoms with Gasteiger partial charge in [-0.3, -0.25) is 0 Å². The zero-order valence-electron chi connectivity index (χ0n) is 13.4. The van der Waals surface area contributed by atoms with Crippen molar-refractivity contribution in [2.24, 2.45) is 5.41 Å². The lowest BCUT2D eigenvalue weighted by atomic mass is 9.80. The quantitative estimate of drug-likeness (QED) is 0.891. The third-order valence-electron chi connectivity index (χ3n) is 5.02. The van der Waals surface area contributed by atoms with Crippen molar-refractivity contribution in [3.63, 3.8) is 0 Å². The summed E-state index contributed by atoms with van der Waals surface area (Å²) in [6.45, 7) is 7.69. The van der Waals surface area contributed by atoms with E-state index in [-0.39, 0.29) is 0 Å². The van der Waals surface area contributed by atoms with Gasteiger partial charge in [-0.25, -0.2) is 9.97 Å². The first-order valence-electron chi connectivity index (χ1n) is 8.03. The van der Waals surface area contributed by atoms with Gasteiger partial charge >= 0.3 is 0 Å². The Labute approximate surface area is 127 Å². The van der Waals surface area contributed by atoms with Crippen molar-refractivity contribution >= 4 is 11.6 Å². The fourth-order valence-electron chi connectivity index (χ4n) is 2.88.